The molecule has 0 radical (unpaired) electrons. The maximum absolute atomic E-state index is 13.8. The molecule has 0 amide bonds. The van der Waals surface area contributed by atoms with Crippen LogP contribution in [0.2, 0.25) is 0 Å². The molecule has 3 atom stereocenters. The molecule has 0 aromatic carbocycles. The van der Waals surface area contributed by atoms with Gasteiger partial charge in [0.15, 0.2) is 0 Å². The largest absolute Gasteiger partial charge is 0.387 e. The van der Waals surface area contributed by atoms with E-state index in [-0.39, 0.29) is 23.7 Å². The SMILES string of the molecule is CC(CC1CCC(O)c2c1c(C(F)F)nn2C(C)C)n1cnc2c1CCCC2. The van der Waals surface area contributed by atoms with E-state index in [4.69, 9.17) is 0 Å². The van der Waals surface area contributed by atoms with Crippen LogP contribution in [0.15, 0.2) is 6.33 Å². The predicted molar refractivity (Wildman–Crippen MR) is 103 cm³/mol. The summed E-state index contributed by atoms with van der Waals surface area (Å²) in [6, 6.07) is 0.114. The lowest BCUT2D eigenvalue weighted by Gasteiger charge is -2.31. The third-order valence-electron chi connectivity index (χ3n) is 6.38. The van der Waals surface area contributed by atoms with E-state index in [1.165, 1.54) is 24.2 Å². The third kappa shape index (κ3) is 3.27. The fraction of sp³-hybridized carbons (Fsp3) is 0.714. The van der Waals surface area contributed by atoms with Gasteiger partial charge in [0, 0.05) is 23.3 Å². The van der Waals surface area contributed by atoms with Crippen molar-refractivity contribution in [2.24, 2.45) is 0 Å². The molecular weight excluding hydrogens is 362 g/mol. The highest BCUT2D eigenvalue weighted by molar-refractivity contribution is 5.35. The second-order valence-electron chi connectivity index (χ2n) is 8.65. The van der Waals surface area contributed by atoms with Crippen molar-refractivity contribution in [2.75, 3.05) is 0 Å². The molecule has 1 N–H and O–H groups in total. The van der Waals surface area contributed by atoms with Gasteiger partial charge in [-0.1, -0.05) is 0 Å². The van der Waals surface area contributed by atoms with Gasteiger partial charge in [-0.25, -0.2) is 13.8 Å². The maximum Gasteiger partial charge on any atom is 0.282 e. The zero-order valence-electron chi connectivity index (χ0n) is 16.9. The van der Waals surface area contributed by atoms with Gasteiger partial charge < -0.3 is 9.67 Å². The molecule has 0 saturated carbocycles. The summed E-state index contributed by atoms with van der Waals surface area (Å²) in [6.45, 7) is 5.98. The molecule has 2 heterocycles. The highest BCUT2D eigenvalue weighted by atomic mass is 19.3. The van der Waals surface area contributed by atoms with Crippen LogP contribution in [-0.2, 0) is 12.8 Å². The van der Waals surface area contributed by atoms with Crippen LogP contribution in [0.25, 0.3) is 0 Å². The molecule has 3 unspecified atom stereocenters. The maximum atomic E-state index is 13.8. The van der Waals surface area contributed by atoms with E-state index in [2.05, 4.69) is 21.6 Å². The van der Waals surface area contributed by atoms with Gasteiger partial charge in [-0.15, -0.1) is 0 Å². The molecule has 0 saturated heterocycles. The van der Waals surface area contributed by atoms with Crippen LogP contribution in [0.1, 0.15) is 112 Å². The number of aliphatic hydroxyl groups is 1. The Kier molecular flexibility index (Phi) is 5.29. The molecule has 0 bridgehead atoms. The van der Waals surface area contributed by atoms with E-state index in [0.717, 1.165) is 19.3 Å². The number of hydrogen-bond donors (Lipinski definition) is 1. The molecule has 4 rings (SSSR count). The van der Waals surface area contributed by atoms with Crippen molar-refractivity contribution in [3.05, 3.63) is 34.7 Å². The average molecular weight is 392 g/mol. The van der Waals surface area contributed by atoms with Gasteiger partial charge in [-0.05, 0) is 71.6 Å². The summed E-state index contributed by atoms with van der Waals surface area (Å²) < 4.78 is 31.4. The Morgan fingerprint density at radius 1 is 1.18 bits per heavy atom. The minimum Gasteiger partial charge on any atom is -0.387 e. The number of halogens is 2. The van der Waals surface area contributed by atoms with Gasteiger partial charge in [0.2, 0.25) is 0 Å². The smallest absolute Gasteiger partial charge is 0.282 e. The van der Waals surface area contributed by atoms with Crippen LogP contribution in [0.4, 0.5) is 8.78 Å². The number of alkyl halides is 2. The molecule has 2 aliphatic rings. The van der Waals surface area contributed by atoms with Crippen LogP contribution in [0, 0.1) is 0 Å². The molecular formula is C21H30F2N4O. The summed E-state index contributed by atoms with van der Waals surface area (Å²) in [4.78, 5) is 4.59. The van der Waals surface area contributed by atoms with Gasteiger partial charge in [-0.2, -0.15) is 5.10 Å². The van der Waals surface area contributed by atoms with Gasteiger partial charge in [0.25, 0.3) is 6.43 Å². The second kappa shape index (κ2) is 7.58. The minimum atomic E-state index is -2.63. The molecule has 5 nitrogen and oxygen atoms in total. The zero-order valence-corrected chi connectivity index (χ0v) is 16.9. The first-order valence-electron chi connectivity index (χ1n) is 10.5. The first-order valence-corrected chi connectivity index (χ1v) is 10.5. The van der Waals surface area contributed by atoms with Crippen molar-refractivity contribution >= 4 is 0 Å². The van der Waals surface area contributed by atoms with Crippen LogP contribution in [-0.4, -0.2) is 24.4 Å². The molecule has 0 aliphatic heterocycles. The second-order valence-corrected chi connectivity index (χ2v) is 8.65. The van der Waals surface area contributed by atoms with Crippen molar-refractivity contribution in [1.82, 2.24) is 19.3 Å². The molecule has 28 heavy (non-hydrogen) atoms. The number of imidazole rings is 1. The number of aryl methyl sites for hydroxylation is 1. The number of nitrogens with zero attached hydrogens (tertiary/aromatic N) is 4. The monoisotopic (exact) mass is 392 g/mol. The molecule has 2 aromatic rings. The number of fused-ring (bicyclic) bond motifs is 2. The number of aromatic nitrogens is 4. The van der Waals surface area contributed by atoms with Crippen molar-refractivity contribution in [3.8, 4) is 0 Å². The fourth-order valence-electron chi connectivity index (χ4n) is 5.06. The Morgan fingerprint density at radius 3 is 2.64 bits per heavy atom. The van der Waals surface area contributed by atoms with Crippen LogP contribution in [0.3, 0.4) is 0 Å². The Labute approximate surface area is 164 Å². The molecule has 2 aromatic heterocycles. The summed E-state index contributed by atoms with van der Waals surface area (Å²) >= 11 is 0. The molecule has 7 heteroatoms. The first-order chi connectivity index (χ1) is 13.4. The van der Waals surface area contributed by atoms with Crippen LogP contribution >= 0.6 is 0 Å². The van der Waals surface area contributed by atoms with Gasteiger partial charge >= 0.3 is 0 Å². The number of hydrogen-bond acceptors (Lipinski definition) is 3. The van der Waals surface area contributed by atoms with Crippen molar-refractivity contribution in [3.63, 3.8) is 0 Å². The predicted octanol–water partition coefficient (Wildman–Crippen LogP) is 5.04. The zero-order chi connectivity index (χ0) is 20.0. The number of rotatable bonds is 5. The summed E-state index contributed by atoms with van der Waals surface area (Å²) in [5.74, 6) is -0.0217. The Morgan fingerprint density at radius 2 is 1.93 bits per heavy atom. The standard InChI is InChI=1S/C21H30F2N4O/c1-12(2)27-20-17(28)9-8-14(18(20)19(25-27)21(22)23)10-13(3)26-11-24-15-6-4-5-7-16(15)26/h11-14,17,21,28H,4-10H2,1-3H3. The van der Waals surface area contributed by atoms with Crippen molar-refractivity contribution in [2.45, 2.75) is 96.2 Å². The van der Waals surface area contributed by atoms with E-state index in [0.29, 0.717) is 24.1 Å². The van der Waals surface area contributed by atoms with E-state index < -0.39 is 12.5 Å². The highest BCUT2D eigenvalue weighted by Gasteiger charge is 2.37. The molecule has 0 fully saturated rings. The highest BCUT2D eigenvalue weighted by Crippen LogP contribution is 2.46. The molecule has 0 spiro atoms. The summed E-state index contributed by atoms with van der Waals surface area (Å²) in [7, 11) is 0. The van der Waals surface area contributed by atoms with Crippen molar-refractivity contribution in [1.29, 1.82) is 0 Å². The van der Waals surface area contributed by atoms with Crippen LogP contribution < -0.4 is 0 Å². The van der Waals surface area contributed by atoms with E-state index in [1.807, 2.05) is 20.2 Å². The van der Waals surface area contributed by atoms with E-state index in [1.54, 1.807) is 4.68 Å². The topological polar surface area (TPSA) is 55.9 Å². The lowest BCUT2D eigenvalue weighted by Crippen LogP contribution is -2.21. The Balaban J connectivity index is 1.67. The quantitative estimate of drug-likeness (QED) is 0.776. The summed E-state index contributed by atoms with van der Waals surface area (Å²) in [5.41, 5.74) is 3.54. The van der Waals surface area contributed by atoms with Gasteiger partial charge in [-0.3, -0.25) is 4.68 Å². The normalized spacial score (nSPS) is 23.1. The Hall–Kier alpha value is -1.76. The van der Waals surface area contributed by atoms with E-state index >= 15 is 0 Å². The first kappa shape index (κ1) is 19.6. The van der Waals surface area contributed by atoms with Gasteiger partial charge in [0.1, 0.15) is 5.69 Å². The molecule has 154 valence electrons. The lowest BCUT2D eigenvalue weighted by molar-refractivity contribution is 0.132. The van der Waals surface area contributed by atoms with Gasteiger partial charge in [0.05, 0.1) is 23.8 Å². The molecule has 2 aliphatic carbocycles. The van der Waals surface area contributed by atoms with Crippen LogP contribution in [0.5, 0.6) is 0 Å². The number of aliphatic hydroxyl groups excluding tert-OH is 1. The lowest BCUT2D eigenvalue weighted by atomic mass is 9.80. The summed E-state index contributed by atoms with van der Waals surface area (Å²) in [6.07, 6.45) is 5.08. The van der Waals surface area contributed by atoms with E-state index in [9.17, 15) is 13.9 Å². The summed E-state index contributed by atoms with van der Waals surface area (Å²) in [5, 5.41) is 14.8. The minimum absolute atomic E-state index is 0.0217. The van der Waals surface area contributed by atoms with Crippen molar-refractivity contribution < 1.29 is 13.9 Å². The fourth-order valence-corrected chi connectivity index (χ4v) is 5.06. The average Bonchev–Trinajstić information content (AvgIpc) is 3.26. The Bertz CT molecular complexity index is 842. The third-order valence-corrected chi connectivity index (χ3v) is 6.38.